The maximum absolute atomic E-state index is 13.2. The summed E-state index contributed by atoms with van der Waals surface area (Å²) in [6, 6.07) is 14.9. The Kier molecular flexibility index (Phi) is 8.10. The zero-order valence-corrected chi connectivity index (χ0v) is 16.7. The second-order valence-corrected chi connectivity index (χ2v) is 5.28. The largest absolute Gasteiger partial charge is 0.305 e. The Morgan fingerprint density at radius 3 is 2.32 bits per heavy atom. The monoisotopic (exact) mass is 561 g/mol. The Morgan fingerprint density at radius 2 is 1.75 bits per heavy atom. The van der Waals surface area contributed by atoms with Gasteiger partial charge >= 0.3 is 0 Å². The maximum Gasteiger partial charge on any atom is 0.204 e. The van der Waals surface area contributed by atoms with Crippen LogP contribution in [0.2, 0.25) is 0 Å². The van der Waals surface area contributed by atoms with Crippen LogP contribution in [0.25, 0.3) is 11.3 Å². The van der Waals surface area contributed by atoms with Gasteiger partial charge in [0.2, 0.25) is 6.17 Å². The summed E-state index contributed by atoms with van der Waals surface area (Å²) in [4.78, 5) is 11.9. The molecular weight excluding hydrogens is 547 g/mol. The second kappa shape index (κ2) is 10.5. The van der Waals surface area contributed by atoms with Crippen LogP contribution in [0.3, 0.4) is 0 Å². The second-order valence-electron chi connectivity index (χ2n) is 5.28. The van der Waals surface area contributed by atoms with E-state index in [1.54, 1.807) is 42.7 Å². The Hall–Kier alpha value is -2.77. The Bertz CT molecular complexity index is 952. The molecule has 0 spiro atoms. The van der Waals surface area contributed by atoms with E-state index < -0.39 is 24.5 Å². The van der Waals surface area contributed by atoms with E-state index in [4.69, 9.17) is 0 Å². The number of pyridine rings is 2. The Labute approximate surface area is 172 Å². The van der Waals surface area contributed by atoms with Crippen molar-refractivity contribution in [2.24, 2.45) is 15.2 Å². The fourth-order valence-electron chi connectivity index (χ4n) is 2.18. The molecule has 145 valence electrons. The van der Waals surface area contributed by atoms with Gasteiger partial charge in [-0.25, -0.2) is 9.38 Å². The van der Waals surface area contributed by atoms with Gasteiger partial charge in [-0.3, -0.25) is 13.8 Å². The number of halogens is 3. The van der Waals surface area contributed by atoms with E-state index in [1.807, 2.05) is 6.07 Å². The van der Waals surface area contributed by atoms with Crippen LogP contribution in [-0.2, 0) is 20.1 Å². The molecular formula is C19H13F3IrN5-. The minimum absolute atomic E-state index is 0. The molecule has 0 saturated heterocycles. The quantitative estimate of drug-likeness (QED) is 0.435. The zero-order valence-electron chi connectivity index (χ0n) is 14.3. The van der Waals surface area contributed by atoms with Gasteiger partial charge < -0.3 is 4.98 Å². The average molecular weight is 561 g/mol. The van der Waals surface area contributed by atoms with Crippen molar-refractivity contribution in [2.45, 2.75) is 6.17 Å². The van der Waals surface area contributed by atoms with Gasteiger partial charge in [0.25, 0.3) is 0 Å². The third kappa shape index (κ3) is 5.61. The Balaban J connectivity index is 0.000000194. The van der Waals surface area contributed by atoms with Crippen LogP contribution in [0.15, 0.2) is 76.1 Å². The van der Waals surface area contributed by atoms with E-state index >= 15 is 0 Å². The van der Waals surface area contributed by atoms with Crippen LogP contribution in [-0.4, -0.2) is 22.5 Å². The number of aromatic nitrogens is 2. The molecule has 9 heteroatoms. The summed E-state index contributed by atoms with van der Waals surface area (Å²) in [5, 5.41) is 7.35. The molecule has 0 amide bonds. The molecule has 0 bridgehead atoms. The normalized spacial score (nSPS) is 14.5. The van der Waals surface area contributed by atoms with Gasteiger partial charge in [-0.2, -0.15) is 5.11 Å². The minimum atomic E-state index is -0.674. The number of rotatable bonds is 3. The fraction of sp³-hybridized carbons (Fsp3) is 0.105. The first-order valence-electron chi connectivity index (χ1n) is 7.90. The van der Waals surface area contributed by atoms with Gasteiger partial charge in [0, 0.05) is 44.1 Å². The van der Waals surface area contributed by atoms with Gasteiger partial charge in [-0.05, 0) is 23.9 Å². The van der Waals surface area contributed by atoms with Gasteiger partial charge in [-0.15, -0.1) is 17.2 Å². The number of nitrogens with zero attached hydrogens (tertiary/aromatic N) is 5. The molecule has 0 saturated carbocycles. The fourth-order valence-corrected chi connectivity index (χ4v) is 2.18. The van der Waals surface area contributed by atoms with Crippen molar-refractivity contribution in [3.63, 3.8) is 0 Å². The molecule has 3 heterocycles. The molecule has 1 aliphatic heterocycles. The van der Waals surface area contributed by atoms with Crippen molar-refractivity contribution >= 4 is 5.84 Å². The van der Waals surface area contributed by atoms with Gasteiger partial charge in [0.15, 0.2) is 12.5 Å². The molecule has 3 aromatic rings. The summed E-state index contributed by atoms with van der Waals surface area (Å²) >= 11 is 0. The molecule has 1 aliphatic rings. The number of aliphatic imine (C=N–C) groups is 1. The first-order valence-corrected chi connectivity index (χ1v) is 7.90. The molecule has 4 rings (SSSR count). The van der Waals surface area contributed by atoms with E-state index in [0.717, 1.165) is 12.1 Å². The van der Waals surface area contributed by atoms with Crippen molar-refractivity contribution in [2.75, 3.05) is 6.67 Å². The van der Waals surface area contributed by atoms with Crippen LogP contribution in [0.1, 0.15) is 11.9 Å². The van der Waals surface area contributed by atoms with Gasteiger partial charge in [0.05, 0.1) is 5.69 Å². The first kappa shape index (κ1) is 21.5. The first-order chi connectivity index (χ1) is 13.2. The molecule has 5 nitrogen and oxygen atoms in total. The van der Waals surface area contributed by atoms with E-state index in [1.165, 1.54) is 0 Å². The van der Waals surface area contributed by atoms with Crippen LogP contribution in [0.5, 0.6) is 0 Å². The predicted octanol–water partition coefficient (Wildman–Crippen LogP) is 4.74. The third-order valence-electron chi connectivity index (χ3n) is 3.40. The molecule has 1 aromatic carbocycles. The van der Waals surface area contributed by atoms with Crippen molar-refractivity contribution in [1.29, 1.82) is 0 Å². The van der Waals surface area contributed by atoms with Crippen molar-refractivity contribution < 1.29 is 33.3 Å². The van der Waals surface area contributed by atoms with E-state index in [-0.39, 0.29) is 31.5 Å². The van der Waals surface area contributed by atoms with Crippen LogP contribution < -0.4 is 0 Å². The van der Waals surface area contributed by atoms with Crippen molar-refractivity contribution in [1.82, 2.24) is 9.97 Å². The van der Waals surface area contributed by atoms with E-state index in [0.29, 0.717) is 11.4 Å². The summed E-state index contributed by atoms with van der Waals surface area (Å²) in [5.74, 6) is -1.15. The Morgan fingerprint density at radius 1 is 1.00 bits per heavy atom. The number of benzene rings is 1. The predicted molar refractivity (Wildman–Crippen MR) is 93.7 cm³/mol. The summed E-state index contributed by atoms with van der Waals surface area (Å²) in [6.45, 7) is -0.674. The SMILES string of the molecule is FCC1=NC(c2ccccn2)N=N1.Fc1c[c-]c(-c2ccccn2)c(F)c1.[Ir]. The topological polar surface area (TPSA) is 62.9 Å². The average Bonchev–Trinajstić information content (AvgIpc) is 3.19. The standard InChI is InChI=1S/C11H6F2N.C8H7FN4.Ir/c12-8-4-5-9(10(13)7-8)11-3-1-2-6-14-11;9-5-7-11-8(13-12-7)6-3-1-2-4-10-6;/h1-4,6-7H;1-4,8H,5H2;/q-1;;. The number of alkyl halides is 1. The minimum Gasteiger partial charge on any atom is -0.305 e. The van der Waals surface area contributed by atoms with Crippen molar-refractivity contribution in [3.8, 4) is 11.3 Å². The molecule has 0 aliphatic carbocycles. The van der Waals surface area contributed by atoms with Crippen molar-refractivity contribution in [3.05, 3.63) is 84.3 Å². The molecule has 1 unspecified atom stereocenters. The van der Waals surface area contributed by atoms with Crippen LogP contribution in [0.4, 0.5) is 13.2 Å². The van der Waals surface area contributed by atoms with E-state index in [9.17, 15) is 13.2 Å². The van der Waals surface area contributed by atoms with Gasteiger partial charge in [-0.1, -0.05) is 29.8 Å². The summed E-state index contributed by atoms with van der Waals surface area (Å²) in [7, 11) is 0. The number of amidine groups is 1. The van der Waals surface area contributed by atoms with Gasteiger partial charge in [0.1, 0.15) is 0 Å². The number of hydrogen-bond donors (Lipinski definition) is 0. The number of hydrogen-bond acceptors (Lipinski definition) is 5. The van der Waals surface area contributed by atoms with Crippen LogP contribution in [0, 0.1) is 17.7 Å². The molecule has 1 radical (unpaired) electrons. The van der Waals surface area contributed by atoms with E-state index in [2.05, 4.69) is 31.3 Å². The molecule has 2 aromatic heterocycles. The molecule has 0 fully saturated rings. The smallest absolute Gasteiger partial charge is 0.204 e. The molecule has 1 atom stereocenters. The maximum atomic E-state index is 13.2. The number of azo groups is 1. The molecule has 0 N–H and O–H groups in total. The van der Waals surface area contributed by atoms with Crippen LogP contribution >= 0.6 is 0 Å². The summed E-state index contributed by atoms with van der Waals surface area (Å²) < 4.78 is 37.9. The molecule has 28 heavy (non-hydrogen) atoms. The summed E-state index contributed by atoms with van der Waals surface area (Å²) in [6.07, 6.45) is 2.74. The summed E-state index contributed by atoms with van der Waals surface area (Å²) in [5.41, 5.74) is 1.33. The zero-order chi connectivity index (χ0) is 19.1. The third-order valence-corrected chi connectivity index (χ3v) is 3.40.